The van der Waals surface area contributed by atoms with Crippen molar-refractivity contribution in [2.24, 2.45) is 10.2 Å². The zero-order chi connectivity index (χ0) is 20.6. The lowest BCUT2D eigenvalue weighted by molar-refractivity contribution is 0.0347. The van der Waals surface area contributed by atoms with E-state index in [1.807, 2.05) is 29.6 Å². The number of nitrogens with zero attached hydrogens (tertiary/aromatic N) is 4. The average molecular weight is 425 g/mol. The average Bonchev–Trinajstić information content (AvgIpc) is 3.27. The minimum absolute atomic E-state index is 0.00967. The fourth-order valence-electron chi connectivity index (χ4n) is 2.37. The van der Waals surface area contributed by atoms with Crippen LogP contribution in [0.4, 0.5) is 16.5 Å². The van der Waals surface area contributed by atoms with Gasteiger partial charge >= 0.3 is 0 Å². The SMILES string of the molecule is OCCOCCOCCN(CCOCCO)c1ccc(N=Nc2nccs2)cc1. The quantitative estimate of drug-likeness (QED) is 0.315. The van der Waals surface area contributed by atoms with Gasteiger partial charge in [0.15, 0.2) is 0 Å². The van der Waals surface area contributed by atoms with Gasteiger partial charge in [-0.05, 0) is 24.3 Å². The summed E-state index contributed by atoms with van der Waals surface area (Å²) in [6, 6.07) is 7.76. The normalized spacial score (nSPS) is 11.4. The van der Waals surface area contributed by atoms with Gasteiger partial charge in [0.2, 0.25) is 5.13 Å². The summed E-state index contributed by atoms with van der Waals surface area (Å²) in [6.45, 7) is 4.00. The maximum absolute atomic E-state index is 8.85. The first kappa shape index (κ1) is 23.3. The van der Waals surface area contributed by atoms with Crippen LogP contribution in [0.3, 0.4) is 0 Å². The molecule has 0 bridgehead atoms. The fraction of sp³-hybridized carbons (Fsp3) is 0.526. The first-order chi connectivity index (χ1) is 14.3. The van der Waals surface area contributed by atoms with Crippen molar-refractivity contribution >= 4 is 27.8 Å². The van der Waals surface area contributed by atoms with E-state index in [1.54, 1.807) is 6.20 Å². The van der Waals surface area contributed by atoms with Gasteiger partial charge in [-0.1, -0.05) is 0 Å². The minimum atomic E-state index is 0.00967. The molecule has 0 saturated heterocycles. The van der Waals surface area contributed by atoms with Crippen LogP contribution in [0.15, 0.2) is 46.1 Å². The molecule has 1 heterocycles. The van der Waals surface area contributed by atoms with Gasteiger partial charge in [-0.25, -0.2) is 4.98 Å². The standard InChI is InChI=1S/C19H28N4O5S/c24-8-12-26-10-6-23(7-11-27-14-15-28-13-9-25)18-3-1-17(2-4-18)21-22-19-20-5-16-29-19/h1-5,16,24-25H,6-15H2. The highest BCUT2D eigenvalue weighted by molar-refractivity contribution is 7.13. The van der Waals surface area contributed by atoms with Crippen molar-refractivity contribution in [3.63, 3.8) is 0 Å². The number of thiazole rings is 1. The van der Waals surface area contributed by atoms with Crippen LogP contribution in [-0.4, -0.2) is 81.1 Å². The Balaban J connectivity index is 1.85. The van der Waals surface area contributed by atoms with Crippen molar-refractivity contribution in [1.29, 1.82) is 0 Å². The number of ether oxygens (including phenoxy) is 3. The molecule has 29 heavy (non-hydrogen) atoms. The van der Waals surface area contributed by atoms with Crippen LogP contribution in [0.25, 0.3) is 0 Å². The Hall–Kier alpha value is -1.95. The van der Waals surface area contributed by atoms with E-state index in [0.29, 0.717) is 57.9 Å². The highest BCUT2D eigenvalue weighted by Gasteiger charge is 2.07. The van der Waals surface area contributed by atoms with Crippen molar-refractivity contribution in [3.8, 4) is 0 Å². The molecule has 2 aromatic rings. The van der Waals surface area contributed by atoms with Crippen LogP contribution in [0.2, 0.25) is 0 Å². The molecule has 2 rings (SSSR count). The number of hydrogen-bond acceptors (Lipinski definition) is 10. The first-order valence-corrected chi connectivity index (χ1v) is 10.3. The molecule has 160 valence electrons. The summed E-state index contributed by atoms with van der Waals surface area (Å²) in [5, 5.41) is 28.3. The lowest BCUT2D eigenvalue weighted by Gasteiger charge is -2.25. The third-order valence-electron chi connectivity index (χ3n) is 3.74. The van der Waals surface area contributed by atoms with Crippen molar-refractivity contribution in [1.82, 2.24) is 4.98 Å². The van der Waals surface area contributed by atoms with E-state index in [4.69, 9.17) is 24.4 Å². The van der Waals surface area contributed by atoms with Crippen LogP contribution >= 0.6 is 11.3 Å². The Bertz CT molecular complexity index is 670. The number of anilines is 1. The molecule has 0 atom stereocenters. The Labute approximate surface area is 174 Å². The van der Waals surface area contributed by atoms with Gasteiger partial charge < -0.3 is 29.3 Å². The molecule has 0 spiro atoms. The molecule has 0 aliphatic carbocycles. The largest absolute Gasteiger partial charge is 0.394 e. The fourth-order valence-corrected chi connectivity index (χ4v) is 2.82. The molecule has 0 aliphatic heterocycles. The third kappa shape index (κ3) is 9.88. The van der Waals surface area contributed by atoms with Crippen molar-refractivity contribution in [2.75, 3.05) is 70.8 Å². The summed E-state index contributed by atoms with van der Waals surface area (Å²) in [5.41, 5.74) is 1.77. The van der Waals surface area contributed by atoms with E-state index in [0.717, 1.165) is 11.4 Å². The molecule has 9 nitrogen and oxygen atoms in total. The number of hydrogen-bond donors (Lipinski definition) is 2. The summed E-state index contributed by atoms with van der Waals surface area (Å²) in [5.74, 6) is 0. The van der Waals surface area contributed by atoms with Crippen LogP contribution in [0, 0.1) is 0 Å². The second-order valence-electron chi connectivity index (χ2n) is 5.80. The Morgan fingerprint density at radius 1 is 0.828 bits per heavy atom. The summed E-state index contributed by atoms with van der Waals surface area (Å²) < 4.78 is 16.2. The number of aliphatic hydroxyl groups excluding tert-OH is 2. The monoisotopic (exact) mass is 424 g/mol. The molecule has 0 fully saturated rings. The molecule has 1 aromatic heterocycles. The molecule has 0 aliphatic rings. The third-order valence-corrected chi connectivity index (χ3v) is 4.40. The van der Waals surface area contributed by atoms with Crippen LogP contribution < -0.4 is 4.90 Å². The van der Waals surface area contributed by atoms with Crippen molar-refractivity contribution in [3.05, 3.63) is 35.8 Å². The highest BCUT2D eigenvalue weighted by Crippen LogP contribution is 2.23. The predicted molar refractivity (Wildman–Crippen MR) is 112 cm³/mol. The molecule has 2 N–H and O–H groups in total. The zero-order valence-electron chi connectivity index (χ0n) is 16.4. The number of rotatable bonds is 16. The van der Waals surface area contributed by atoms with E-state index in [-0.39, 0.29) is 13.2 Å². The van der Waals surface area contributed by atoms with Gasteiger partial charge in [0.05, 0.1) is 58.5 Å². The highest BCUT2D eigenvalue weighted by atomic mass is 32.1. The Morgan fingerprint density at radius 3 is 2.03 bits per heavy atom. The molecule has 1 aromatic carbocycles. The lowest BCUT2D eigenvalue weighted by Crippen LogP contribution is -2.31. The van der Waals surface area contributed by atoms with Gasteiger partial charge in [0, 0.05) is 30.4 Å². The molecule has 0 unspecified atom stereocenters. The van der Waals surface area contributed by atoms with Crippen LogP contribution in [-0.2, 0) is 14.2 Å². The second kappa shape index (κ2) is 15.0. The molecule has 0 radical (unpaired) electrons. The van der Waals surface area contributed by atoms with Gasteiger partial charge in [0.25, 0.3) is 0 Å². The minimum Gasteiger partial charge on any atom is -0.394 e. The maximum atomic E-state index is 8.85. The van der Waals surface area contributed by atoms with Crippen molar-refractivity contribution < 1.29 is 24.4 Å². The zero-order valence-corrected chi connectivity index (χ0v) is 17.2. The molecular formula is C19H28N4O5S. The summed E-state index contributed by atoms with van der Waals surface area (Å²) in [7, 11) is 0. The van der Waals surface area contributed by atoms with E-state index in [9.17, 15) is 0 Å². The van der Waals surface area contributed by atoms with Crippen LogP contribution in [0.1, 0.15) is 0 Å². The number of benzene rings is 1. The first-order valence-electron chi connectivity index (χ1n) is 9.44. The Morgan fingerprint density at radius 2 is 1.45 bits per heavy atom. The van der Waals surface area contributed by atoms with Gasteiger partial charge in [-0.3, -0.25) is 0 Å². The number of aromatic nitrogens is 1. The van der Waals surface area contributed by atoms with Gasteiger partial charge in [-0.2, -0.15) is 0 Å². The van der Waals surface area contributed by atoms with Gasteiger partial charge in [0.1, 0.15) is 0 Å². The lowest BCUT2D eigenvalue weighted by atomic mass is 10.2. The molecular weight excluding hydrogens is 396 g/mol. The topological polar surface area (TPSA) is 109 Å². The molecule has 0 amide bonds. The number of azo groups is 1. The summed E-state index contributed by atoms with van der Waals surface area (Å²) in [4.78, 5) is 6.22. The van der Waals surface area contributed by atoms with E-state index >= 15 is 0 Å². The smallest absolute Gasteiger partial charge is 0.229 e. The van der Waals surface area contributed by atoms with Crippen molar-refractivity contribution in [2.45, 2.75) is 0 Å². The summed E-state index contributed by atoms with van der Waals surface area (Å²) in [6.07, 6.45) is 1.69. The van der Waals surface area contributed by atoms with Crippen LogP contribution in [0.5, 0.6) is 0 Å². The number of aliphatic hydroxyl groups is 2. The Kier molecular flexibility index (Phi) is 12.0. The van der Waals surface area contributed by atoms with E-state index in [2.05, 4.69) is 20.1 Å². The van der Waals surface area contributed by atoms with Gasteiger partial charge in [-0.15, -0.1) is 21.6 Å². The second-order valence-corrected chi connectivity index (χ2v) is 6.68. The summed E-state index contributed by atoms with van der Waals surface area (Å²) >= 11 is 1.43. The van der Waals surface area contributed by atoms with E-state index in [1.165, 1.54) is 11.3 Å². The van der Waals surface area contributed by atoms with E-state index < -0.39 is 0 Å². The molecule has 0 saturated carbocycles. The molecule has 10 heteroatoms. The predicted octanol–water partition coefficient (Wildman–Crippen LogP) is 2.40. The maximum Gasteiger partial charge on any atom is 0.229 e.